The molecule has 4 heterocycles. The minimum atomic E-state index is -0.0842. The lowest BCUT2D eigenvalue weighted by Crippen LogP contribution is -2.25. The number of rotatable bonds is 7. The minimum Gasteiger partial charge on any atom is -0.351 e. The van der Waals surface area contributed by atoms with Crippen LogP contribution in [0.1, 0.15) is 10.4 Å². The molecule has 156 valence electrons. The van der Waals surface area contributed by atoms with Gasteiger partial charge in [0.2, 0.25) is 11.7 Å². The molecular formula is C21H17N5O2S3. The van der Waals surface area contributed by atoms with Gasteiger partial charge in [0, 0.05) is 11.4 Å². The molecule has 0 radical (unpaired) electrons. The molecule has 0 saturated heterocycles. The average molecular weight is 468 g/mol. The van der Waals surface area contributed by atoms with Crippen molar-refractivity contribution >= 4 is 56.3 Å². The first-order valence-electron chi connectivity index (χ1n) is 9.51. The van der Waals surface area contributed by atoms with Crippen molar-refractivity contribution < 1.29 is 4.79 Å². The summed E-state index contributed by atoms with van der Waals surface area (Å²) in [4.78, 5) is 26.5. The molecule has 10 heteroatoms. The summed E-state index contributed by atoms with van der Waals surface area (Å²) >= 11 is 4.31. The van der Waals surface area contributed by atoms with E-state index in [1.807, 2.05) is 63.7 Å². The van der Waals surface area contributed by atoms with Gasteiger partial charge < -0.3 is 5.32 Å². The van der Waals surface area contributed by atoms with Gasteiger partial charge in [0.05, 0.1) is 17.8 Å². The standard InChI is InChI=1S/C21H17N5O2S3/c27-17(22-11-14-5-2-1-3-6-14)13-31-21-24-23-20-25(12-15-7-4-9-29-15)19(28)18-16(26(20)21)8-10-30-18/h1-10H,11-13H2,(H,22,27). The van der Waals surface area contributed by atoms with E-state index in [1.165, 1.54) is 23.1 Å². The fourth-order valence-corrected chi connectivity index (χ4v) is 5.56. The lowest BCUT2D eigenvalue weighted by atomic mass is 10.2. The third-order valence-corrected chi connectivity index (χ3v) is 7.42. The summed E-state index contributed by atoms with van der Waals surface area (Å²) in [5, 5.41) is 16.0. The normalized spacial score (nSPS) is 11.4. The number of fused-ring (bicyclic) bond motifs is 3. The van der Waals surface area contributed by atoms with Crippen LogP contribution in [0.15, 0.2) is 69.2 Å². The largest absolute Gasteiger partial charge is 0.351 e. The van der Waals surface area contributed by atoms with Crippen molar-refractivity contribution in [2.24, 2.45) is 0 Å². The molecule has 0 aliphatic rings. The molecule has 4 aromatic heterocycles. The number of amides is 1. The van der Waals surface area contributed by atoms with Crippen molar-refractivity contribution in [2.45, 2.75) is 18.2 Å². The van der Waals surface area contributed by atoms with E-state index >= 15 is 0 Å². The van der Waals surface area contributed by atoms with Crippen LogP contribution >= 0.6 is 34.4 Å². The highest BCUT2D eigenvalue weighted by Crippen LogP contribution is 2.25. The van der Waals surface area contributed by atoms with Crippen molar-refractivity contribution in [3.05, 3.63) is 80.1 Å². The molecule has 0 fully saturated rings. The van der Waals surface area contributed by atoms with Crippen molar-refractivity contribution in [3.63, 3.8) is 0 Å². The Morgan fingerprint density at radius 1 is 1.03 bits per heavy atom. The smallest absolute Gasteiger partial charge is 0.273 e. The topological polar surface area (TPSA) is 81.3 Å². The molecule has 31 heavy (non-hydrogen) atoms. The van der Waals surface area contributed by atoms with Crippen molar-refractivity contribution in [3.8, 4) is 0 Å². The molecule has 0 bridgehead atoms. The zero-order valence-electron chi connectivity index (χ0n) is 16.2. The van der Waals surface area contributed by atoms with Gasteiger partial charge in [-0.1, -0.05) is 48.2 Å². The Morgan fingerprint density at radius 2 is 1.90 bits per heavy atom. The lowest BCUT2D eigenvalue weighted by molar-refractivity contribution is -0.118. The summed E-state index contributed by atoms with van der Waals surface area (Å²) in [5.41, 5.74) is 1.74. The number of nitrogens with zero attached hydrogens (tertiary/aromatic N) is 4. The Hall–Kier alpha value is -2.95. The molecule has 1 N–H and O–H groups in total. The second-order valence-corrected chi connectivity index (χ2v) is 9.67. The predicted molar refractivity (Wildman–Crippen MR) is 125 cm³/mol. The molecule has 7 nitrogen and oxygen atoms in total. The van der Waals surface area contributed by atoms with Crippen LogP contribution in [-0.2, 0) is 17.9 Å². The number of thioether (sulfide) groups is 1. The van der Waals surface area contributed by atoms with Gasteiger partial charge in [-0.3, -0.25) is 18.6 Å². The second-order valence-electron chi connectivity index (χ2n) is 6.77. The van der Waals surface area contributed by atoms with Gasteiger partial charge in [-0.15, -0.1) is 32.9 Å². The second kappa shape index (κ2) is 8.66. The summed E-state index contributed by atoms with van der Waals surface area (Å²) in [7, 11) is 0. The molecule has 1 aromatic carbocycles. The van der Waals surface area contributed by atoms with Gasteiger partial charge >= 0.3 is 0 Å². The van der Waals surface area contributed by atoms with Crippen LogP contribution in [0.4, 0.5) is 0 Å². The maximum Gasteiger partial charge on any atom is 0.273 e. The summed E-state index contributed by atoms with van der Waals surface area (Å²) < 4.78 is 4.17. The fourth-order valence-electron chi connectivity index (χ4n) is 3.27. The van der Waals surface area contributed by atoms with Gasteiger partial charge in [-0.2, -0.15) is 0 Å². The van der Waals surface area contributed by atoms with E-state index in [2.05, 4.69) is 15.5 Å². The van der Waals surface area contributed by atoms with Crippen molar-refractivity contribution in [1.82, 2.24) is 24.5 Å². The zero-order chi connectivity index (χ0) is 21.2. The number of thiophene rings is 2. The first kappa shape index (κ1) is 20.0. The molecule has 0 spiro atoms. The van der Waals surface area contributed by atoms with E-state index < -0.39 is 0 Å². The van der Waals surface area contributed by atoms with Crippen LogP contribution in [0.3, 0.4) is 0 Å². The van der Waals surface area contributed by atoms with Crippen LogP contribution in [0.5, 0.6) is 0 Å². The van der Waals surface area contributed by atoms with E-state index in [1.54, 1.807) is 15.9 Å². The third kappa shape index (κ3) is 4.01. The highest BCUT2D eigenvalue weighted by atomic mass is 32.2. The molecule has 1 amide bonds. The van der Waals surface area contributed by atoms with Crippen LogP contribution in [0, 0.1) is 0 Å². The Labute approximate surface area is 189 Å². The average Bonchev–Trinajstić information content (AvgIpc) is 3.55. The Balaban J connectivity index is 1.41. The fraction of sp³-hybridized carbons (Fsp3) is 0.143. The number of nitrogens with one attached hydrogen (secondary N) is 1. The van der Waals surface area contributed by atoms with E-state index in [-0.39, 0.29) is 17.2 Å². The summed E-state index contributed by atoms with van der Waals surface area (Å²) in [6.07, 6.45) is 0. The van der Waals surface area contributed by atoms with E-state index in [0.717, 1.165) is 16.0 Å². The highest BCUT2D eigenvalue weighted by Gasteiger charge is 2.19. The molecule has 0 aliphatic carbocycles. The zero-order valence-corrected chi connectivity index (χ0v) is 18.7. The Morgan fingerprint density at radius 3 is 2.71 bits per heavy atom. The number of carbonyl (C=O) groups excluding carboxylic acids is 1. The van der Waals surface area contributed by atoms with Crippen molar-refractivity contribution in [1.29, 1.82) is 0 Å². The number of hydrogen-bond donors (Lipinski definition) is 1. The molecule has 5 aromatic rings. The van der Waals surface area contributed by atoms with E-state index in [9.17, 15) is 9.59 Å². The first-order valence-corrected chi connectivity index (χ1v) is 12.3. The summed E-state index contributed by atoms with van der Waals surface area (Å²) in [5.74, 6) is 0.610. The number of benzene rings is 1. The number of hydrogen-bond acceptors (Lipinski definition) is 7. The molecular weight excluding hydrogens is 450 g/mol. The van der Waals surface area contributed by atoms with Gasteiger partial charge in [-0.25, -0.2) is 0 Å². The van der Waals surface area contributed by atoms with Crippen LogP contribution in [0.2, 0.25) is 0 Å². The van der Waals surface area contributed by atoms with Gasteiger partial charge in [0.25, 0.3) is 5.56 Å². The molecule has 5 rings (SSSR count). The lowest BCUT2D eigenvalue weighted by Gasteiger charge is -2.08. The first-order chi connectivity index (χ1) is 15.2. The van der Waals surface area contributed by atoms with E-state index in [0.29, 0.717) is 28.7 Å². The third-order valence-electron chi connectivity index (χ3n) is 4.74. The minimum absolute atomic E-state index is 0.0737. The summed E-state index contributed by atoms with van der Waals surface area (Å²) in [6.45, 7) is 0.921. The molecule has 0 atom stereocenters. The molecule has 0 saturated carbocycles. The highest BCUT2D eigenvalue weighted by molar-refractivity contribution is 7.99. The van der Waals surface area contributed by atoms with Crippen LogP contribution < -0.4 is 10.9 Å². The Bertz CT molecular complexity index is 1400. The number of carbonyl (C=O) groups is 1. The van der Waals surface area contributed by atoms with Crippen LogP contribution in [0.25, 0.3) is 16.0 Å². The van der Waals surface area contributed by atoms with Crippen LogP contribution in [-0.4, -0.2) is 30.8 Å². The van der Waals surface area contributed by atoms with Gasteiger partial charge in [0.15, 0.2) is 5.16 Å². The molecule has 0 unspecified atom stereocenters. The maximum atomic E-state index is 13.1. The van der Waals surface area contributed by atoms with Gasteiger partial charge in [0.1, 0.15) is 4.70 Å². The van der Waals surface area contributed by atoms with Gasteiger partial charge in [-0.05, 0) is 28.5 Å². The van der Waals surface area contributed by atoms with Crippen molar-refractivity contribution in [2.75, 3.05) is 5.75 Å². The van der Waals surface area contributed by atoms with E-state index in [4.69, 9.17) is 0 Å². The maximum absolute atomic E-state index is 13.1. The SMILES string of the molecule is O=C(CSc1nnc2n(Cc3cccs3)c(=O)c3sccc3n12)NCc1ccccc1. The quantitative estimate of drug-likeness (QED) is 0.370. The summed E-state index contributed by atoms with van der Waals surface area (Å²) in [6, 6.07) is 15.6. The predicted octanol–water partition coefficient (Wildman–Crippen LogP) is 3.62. The molecule has 0 aliphatic heterocycles. The Kier molecular flexibility index (Phi) is 5.58. The monoisotopic (exact) mass is 467 g/mol. The number of aromatic nitrogens is 4.